The van der Waals surface area contributed by atoms with E-state index >= 15 is 0 Å². The Morgan fingerprint density at radius 3 is 2.75 bits per heavy atom. The molecule has 3 nitrogen and oxygen atoms in total. The van der Waals surface area contributed by atoms with Crippen LogP contribution in [0.15, 0.2) is 42.5 Å². The summed E-state index contributed by atoms with van der Waals surface area (Å²) in [6.45, 7) is 4.39. The second-order valence-corrected chi connectivity index (χ2v) is 5.96. The number of aromatic hydroxyl groups is 1. The Morgan fingerprint density at radius 1 is 1.12 bits per heavy atom. The second kappa shape index (κ2) is 6.93. The first kappa shape index (κ1) is 16.3. The molecule has 0 aliphatic heterocycles. The summed E-state index contributed by atoms with van der Waals surface area (Å²) >= 11 is 6.05. The molecule has 122 valence electrons. The largest absolute Gasteiger partial charge is 0.503 e. The lowest BCUT2D eigenvalue weighted by molar-refractivity contribution is 0.318. The molecule has 0 radical (unpaired) electrons. The van der Waals surface area contributed by atoms with Crippen LogP contribution in [0.25, 0.3) is 23.1 Å². The van der Waals surface area contributed by atoms with Crippen LogP contribution in [0.2, 0.25) is 5.02 Å². The van der Waals surface area contributed by atoms with Crippen LogP contribution in [0.3, 0.4) is 0 Å². The van der Waals surface area contributed by atoms with Crippen molar-refractivity contribution in [2.45, 2.75) is 13.8 Å². The molecular weight excluding hydrogens is 322 g/mol. The molecule has 1 heterocycles. The first-order chi connectivity index (χ1) is 11.6. The second-order valence-electron chi connectivity index (χ2n) is 5.55. The Bertz CT molecular complexity index is 919. The maximum absolute atomic E-state index is 9.89. The lowest BCUT2D eigenvalue weighted by Gasteiger charge is -2.08. The lowest BCUT2D eigenvalue weighted by Crippen LogP contribution is -1.92. The van der Waals surface area contributed by atoms with Gasteiger partial charge in [-0.05, 0) is 55.8 Å². The number of benzene rings is 2. The zero-order valence-electron chi connectivity index (χ0n) is 13.6. The Morgan fingerprint density at radius 2 is 1.96 bits per heavy atom. The first-order valence-electron chi connectivity index (χ1n) is 7.77. The van der Waals surface area contributed by atoms with E-state index in [2.05, 4.69) is 30.1 Å². The van der Waals surface area contributed by atoms with Gasteiger partial charge in [0.05, 0.1) is 22.8 Å². The van der Waals surface area contributed by atoms with Crippen molar-refractivity contribution in [3.63, 3.8) is 0 Å². The number of aromatic nitrogens is 1. The summed E-state index contributed by atoms with van der Waals surface area (Å²) in [4.78, 5) is 4.63. The number of phenolic OH excluding ortho intramolecular Hbond substituents is 1. The van der Waals surface area contributed by atoms with Crippen LogP contribution in [-0.2, 0) is 0 Å². The maximum atomic E-state index is 9.89. The van der Waals surface area contributed by atoms with Crippen molar-refractivity contribution >= 4 is 34.7 Å². The van der Waals surface area contributed by atoms with Gasteiger partial charge in [0.1, 0.15) is 0 Å². The van der Waals surface area contributed by atoms with Crippen LogP contribution in [0.4, 0.5) is 0 Å². The van der Waals surface area contributed by atoms with E-state index in [9.17, 15) is 5.11 Å². The molecule has 2 aromatic carbocycles. The monoisotopic (exact) mass is 339 g/mol. The number of ether oxygens (including phenoxy) is 1. The molecule has 0 saturated heterocycles. The highest BCUT2D eigenvalue weighted by molar-refractivity contribution is 6.32. The van der Waals surface area contributed by atoms with Crippen LogP contribution in [0, 0.1) is 6.92 Å². The number of halogens is 1. The average Bonchev–Trinajstić information content (AvgIpc) is 2.57. The number of rotatable bonds is 4. The standard InChI is InChI=1S/C20H18ClNO2/c1-3-24-19-12-14(11-17(21)20(19)23)5-7-16-8-6-15-10-13(2)4-9-18(15)22-16/h4-12,23H,3H2,1-2H3/b7-5+. The number of fused-ring (bicyclic) bond motifs is 1. The fourth-order valence-electron chi connectivity index (χ4n) is 2.49. The molecule has 0 fully saturated rings. The molecule has 0 unspecified atom stereocenters. The van der Waals surface area contributed by atoms with E-state index in [0.717, 1.165) is 22.2 Å². The third-order valence-electron chi connectivity index (χ3n) is 3.66. The SMILES string of the molecule is CCOc1cc(/C=C/c2ccc3cc(C)ccc3n2)cc(Cl)c1O. The van der Waals surface area contributed by atoms with Gasteiger partial charge in [0.25, 0.3) is 0 Å². The summed E-state index contributed by atoms with van der Waals surface area (Å²) in [5, 5.41) is 11.3. The van der Waals surface area contributed by atoms with Crippen molar-refractivity contribution in [2.75, 3.05) is 6.61 Å². The molecule has 4 heteroatoms. The van der Waals surface area contributed by atoms with Crippen molar-refractivity contribution < 1.29 is 9.84 Å². The average molecular weight is 340 g/mol. The van der Waals surface area contributed by atoms with Gasteiger partial charge in [0, 0.05) is 5.39 Å². The van der Waals surface area contributed by atoms with Crippen LogP contribution in [-0.4, -0.2) is 16.7 Å². The zero-order valence-corrected chi connectivity index (χ0v) is 14.3. The topological polar surface area (TPSA) is 42.4 Å². The van der Waals surface area contributed by atoms with E-state index in [1.807, 2.05) is 31.2 Å². The molecule has 0 bridgehead atoms. The van der Waals surface area contributed by atoms with Gasteiger partial charge in [0.2, 0.25) is 0 Å². The first-order valence-corrected chi connectivity index (χ1v) is 8.15. The quantitative estimate of drug-likeness (QED) is 0.685. The van der Waals surface area contributed by atoms with Gasteiger partial charge in [-0.1, -0.05) is 35.4 Å². The summed E-state index contributed by atoms with van der Waals surface area (Å²) in [5.74, 6) is 0.349. The van der Waals surface area contributed by atoms with E-state index in [1.165, 1.54) is 5.56 Å². The van der Waals surface area contributed by atoms with Gasteiger partial charge < -0.3 is 9.84 Å². The molecule has 0 aliphatic rings. The molecule has 24 heavy (non-hydrogen) atoms. The van der Waals surface area contributed by atoms with Crippen LogP contribution < -0.4 is 4.74 Å². The van der Waals surface area contributed by atoms with Crippen molar-refractivity contribution in [1.29, 1.82) is 0 Å². The zero-order chi connectivity index (χ0) is 17.1. The van der Waals surface area contributed by atoms with Gasteiger partial charge in [-0.15, -0.1) is 0 Å². The van der Waals surface area contributed by atoms with Gasteiger partial charge in [-0.2, -0.15) is 0 Å². The highest BCUT2D eigenvalue weighted by atomic mass is 35.5. The lowest BCUT2D eigenvalue weighted by atomic mass is 10.1. The summed E-state index contributed by atoms with van der Waals surface area (Å²) < 4.78 is 5.40. The van der Waals surface area contributed by atoms with E-state index in [1.54, 1.807) is 12.1 Å². The Hall–Kier alpha value is -2.52. The number of hydrogen-bond acceptors (Lipinski definition) is 3. The predicted molar refractivity (Wildman–Crippen MR) is 99.7 cm³/mol. The molecule has 1 aromatic heterocycles. The molecule has 3 rings (SSSR count). The summed E-state index contributed by atoms with van der Waals surface area (Å²) in [6.07, 6.45) is 3.81. The number of nitrogens with zero attached hydrogens (tertiary/aromatic N) is 1. The van der Waals surface area contributed by atoms with Crippen LogP contribution >= 0.6 is 11.6 Å². The van der Waals surface area contributed by atoms with Crippen molar-refractivity contribution in [3.05, 3.63) is 64.3 Å². The molecule has 0 spiro atoms. The van der Waals surface area contributed by atoms with E-state index in [-0.39, 0.29) is 10.8 Å². The Balaban J connectivity index is 1.91. The van der Waals surface area contributed by atoms with Crippen molar-refractivity contribution in [3.8, 4) is 11.5 Å². The minimum Gasteiger partial charge on any atom is -0.503 e. The van der Waals surface area contributed by atoms with Crippen LogP contribution in [0.5, 0.6) is 11.5 Å². The Labute approximate surface area is 146 Å². The Kier molecular flexibility index (Phi) is 4.72. The van der Waals surface area contributed by atoms with Gasteiger partial charge in [-0.25, -0.2) is 4.98 Å². The fourth-order valence-corrected chi connectivity index (χ4v) is 2.71. The van der Waals surface area contributed by atoms with E-state index < -0.39 is 0 Å². The van der Waals surface area contributed by atoms with Crippen molar-refractivity contribution in [1.82, 2.24) is 4.98 Å². The molecule has 0 aliphatic carbocycles. The van der Waals surface area contributed by atoms with E-state index in [4.69, 9.17) is 16.3 Å². The fraction of sp³-hybridized carbons (Fsp3) is 0.150. The summed E-state index contributed by atoms with van der Waals surface area (Å²) in [5.41, 5.74) is 3.87. The molecule has 0 atom stereocenters. The van der Waals surface area contributed by atoms with Crippen LogP contribution in [0.1, 0.15) is 23.7 Å². The summed E-state index contributed by atoms with van der Waals surface area (Å²) in [7, 11) is 0. The van der Waals surface area contributed by atoms with Crippen molar-refractivity contribution in [2.24, 2.45) is 0 Å². The normalized spacial score (nSPS) is 11.3. The number of hydrogen-bond donors (Lipinski definition) is 1. The maximum Gasteiger partial charge on any atom is 0.176 e. The molecule has 0 saturated carbocycles. The number of phenols is 1. The minimum atomic E-state index is -0.0325. The number of pyridine rings is 1. The molecule has 3 aromatic rings. The highest BCUT2D eigenvalue weighted by Gasteiger charge is 2.08. The third kappa shape index (κ3) is 3.52. The van der Waals surface area contributed by atoms with Gasteiger partial charge >= 0.3 is 0 Å². The third-order valence-corrected chi connectivity index (χ3v) is 3.95. The smallest absolute Gasteiger partial charge is 0.176 e. The molecule has 0 amide bonds. The molecular formula is C20H18ClNO2. The number of aryl methyl sites for hydroxylation is 1. The predicted octanol–water partition coefficient (Wildman–Crippen LogP) is 5.47. The summed E-state index contributed by atoms with van der Waals surface area (Å²) in [6, 6.07) is 13.7. The molecule has 1 N–H and O–H groups in total. The van der Waals surface area contributed by atoms with Gasteiger partial charge in [-0.3, -0.25) is 0 Å². The van der Waals surface area contributed by atoms with E-state index in [0.29, 0.717) is 12.4 Å². The highest BCUT2D eigenvalue weighted by Crippen LogP contribution is 2.35. The van der Waals surface area contributed by atoms with Gasteiger partial charge in [0.15, 0.2) is 11.5 Å². The minimum absolute atomic E-state index is 0.0325.